The molecule has 1 radical (unpaired) electrons. The van der Waals surface area contributed by atoms with E-state index in [1.54, 1.807) is 17.8 Å². The van der Waals surface area contributed by atoms with Gasteiger partial charge in [-0.2, -0.15) is 0 Å². The molecule has 0 aliphatic carbocycles. The van der Waals surface area contributed by atoms with Crippen LogP contribution in [0.3, 0.4) is 0 Å². The second-order valence-electron chi connectivity index (χ2n) is 2.13. The maximum atomic E-state index is 10.9. The standard InChI is InChI=1S/C8H9OS/c1-6-5-7(10-2)3-4-8(6)9/h3-5H,1-2H3. The molecule has 1 aromatic rings. The zero-order valence-electron chi connectivity index (χ0n) is 6.05. The van der Waals surface area contributed by atoms with E-state index in [1.807, 2.05) is 25.3 Å². The summed E-state index contributed by atoms with van der Waals surface area (Å²) in [7, 11) is 0. The van der Waals surface area contributed by atoms with Crippen molar-refractivity contribution < 1.29 is 5.11 Å². The van der Waals surface area contributed by atoms with Gasteiger partial charge in [-0.25, -0.2) is 0 Å². The van der Waals surface area contributed by atoms with Crippen molar-refractivity contribution in [2.75, 3.05) is 6.26 Å². The van der Waals surface area contributed by atoms with Gasteiger partial charge in [0.15, 0.2) is 5.75 Å². The summed E-state index contributed by atoms with van der Waals surface area (Å²) in [6, 6.07) is 5.37. The first kappa shape index (κ1) is 7.48. The van der Waals surface area contributed by atoms with Crippen LogP contribution in [0.1, 0.15) is 5.56 Å². The zero-order chi connectivity index (χ0) is 7.56. The van der Waals surface area contributed by atoms with Crippen LogP contribution in [0.15, 0.2) is 23.1 Å². The Hall–Kier alpha value is -0.630. The average Bonchev–Trinajstić information content (AvgIpc) is 1.95. The molecule has 0 aliphatic rings. The Bertz CT molecular complexity index is 233. The number of thioether (sulfide) groups is 1. The van der Waals surface area contributed by atoms with Crippen LogP contribution < -0.4 is 0 Å². The lowest BCUT2D eigenvalue weighted by Crippen LogP contribution is -1.73. The molecule has 0 aromatic heterocycles. The maximum Gasteiger partial charge on any atom is 0.181 e. The van der Waals surface area contributed by atoms with Crippen molar-refractivity contribution >= 4 is 11.8 Å². The minimum Gasteiger partial charge on any atom is -0.290 e. The summed E-state index contributed by atoms with van der Waals surface area (Å²) in [5.74, 6) is 0.123. The molecule has 1 rings (SSSR count). The third-order valence-electron chi connectivity index (χ3n) is 1.38. The molecule has 10 heavy (non-hydrogen) atoms. The molecule has 0 bridgehead atoms. The van der Waals surface area contributed by atoms with Crippen LogP contribution in [0.4, 0.5) is 0 Å². The first-order chi connectivity index (χ1) is 4.74. The van der Waals surface area contributed by atoms with Crippen LogP contribution in [0.2, 0.25) is 0 Å². The maximum absolute atomic E-state index is 10.9. The first-order valence-electron chi connectivity index (χ1n) is 3.05. The SMILES string of the molecule is CSc1ccc([O])c(C)c1. The molecule has 0 fully saturated rings. The van der Waals surface area contributed by atoms with E-state index in [0.717, 1.165) is 10.5 Å². The van der Waals surface area contributed by atoms with E-state index in [4.69, 9.17) is 0 Å². The summed E-state index contributed by atoms with van der Waals surface area (Å²) in [6.45, 7) is 1.84. The minimum absolute atomic E-state index is 0.123. The van der Waals surface area contributed by atoms with Crippen molar-refractivity contribution in [3.8, 4) is 5.75 Å². The Kier molecular flexibility index (Phi) is 2.22. The van der Waals surface area contributed by atoms with Crippen LogP contribution in [0, 0.1) is 6.92 Å². The van der Waals surface area contributed by atoms with Crippen molar-refractivity contribution in [1.82, 2.24) is 0 Å². The smallest absolute Gasteiger partial charge is 0.181 e. The van der Waals surface area contributed by atoms with Gasteiger partial charge in [-0.15, -0.1) is 11.8 Å². The molecular weight excluding hydrogens is 144 g/mol. The summed E-state index contributed by atoms with van der Waals surface area (Å²) in [5.41, 5.74) is 0.826. The molecule has 0 aliphatic heterocycles. The van der Waals surface area contributed by atoms with Gasteiger partial charge in [-0.05, 0) is 36.9 Å². The summed E-state index contributed by atoms with van der Waals surface area (Å²) < 4.78 is 0. The summed E-state index contributed by atoms with van der Waals surface area (Å²) >= 11 is 1.65. The van der Waals surface area contributed by atoms with Gasteiger partial charge in [-0.3, -0.25) is 5.11 Å². The zero-order valence-corrected chi connectivity index (χ0v) is 6.87. The van der Waals surface area contributed by atoms with Gasteiger partial charge in [0.2, 0.25) is 0 Å². The highest BCUT2D eigenvalue weighted by Gasteiger charge is 1.97. The van der Waals surface area contributed by atoms with Gasteiger partial charge in [0, 0.05) is 4.90 Å². The predicted octanol–water partition coefficient (Wildman–Crippen LogP) is 2.86. The van der Waals surface area contributed by atoms with E-state index in [-0.39, 0.29) is 5.75 Å². The molecule has 2 heteroatoms. The Labute approximate surface area is 65.1 Å². The molecular formula is C8H9OS. The molecule has 1 nitrogen and oxygen atoms in total. The topological polar surface area (TPSA) is 19.9 Å². The van der Waals surface area contributed by atoms with E-state index in [0.29, 0.717) is 0 Å². The number of benzene rings is 1. The van der Waals surface area contributed by atoms with Gasteiger partial charge >= 0.3 is 0 Å². The molecule has 53 valence electrons. The van der Waals surface area contributed by atoms with Crippen LogP contribution in [-0.2, 0) is 5.11 Å². The Balaban J connectivity index is 3.04. The monoisotopic (exact) mass is 153 g/mol. The fourth-order valence-electron chi connectivity index (χ4n) is 0.749. The van der Waals surface area contributed by atoms with Crippen molar-refractivity contribution in [3.05, 3.63) is 23.8 Å². The molecule has 1 aromatic carbocycles. The van der Waals surface area contributed by atoms with Crippen molar-refractivity contribution in [3.63, 3.8) is 0 Å². The third kappa shape index (κ3) is 1.45. The lowest BCUT2D eigenvalue weighted by atomic mass is 10.2. The van der Waals surface area contributed by atoms with Crippen LogP contribution >= 0.6 is 11.8 Å². The Morgan fingerprint density at radius 2 is 2.10 bits per heavy atom. The number of hydrogen-bond acceptors (Lipinski definition) is 1. The third-order valence-corrected chi connectivity index (χ3v) is 2.11. The lowest BCUT2D eigenvalue weighted by Gasteiger charge is -1.97. The second-order valence-corrected chi connectivity index (χ2v) is 3.01. The van der Waals surface area contributed by atoms with Gasteiger partial charge in [0.1, 0.15) is 0 Å². The van der Waals surface area contributed by atoms with Gasteiger partial charge in [-0.1, -0.05) is 0 Å². The molecule has 0 unspecified atom stereocenters. The second kappa shape index (κ2) is 2.97. The number of rotatable bonds is 1. The highest BCUT2D eigenvalue weighted by molar-refractivity contribution is 7.98. The highest BCUT2D eigenvalue weighted by Crippen LogP contribution is 2.22. The van der Waals surface area contributed by atoms with Crippen LogP contribution in [0.25, 0.3) is 0 Å². The van der Waals surface area contributed by atoms with Crippen LogP contribution in [-0.4, -0.2) is 6.26 Å². The normalized spacial score (nSPS) is 9.80. The predicted molar refractivity (Wildman–Crippen MR) is 43.1 cm³/mol. The highest BCUT2D eigenvalue weighted by atomic mass is 32.2. The molecule has 0 N–H and O–H groups in total. The largest absolute Gasteiger partial charge is 0.290 e. The Morgan fingerprint density at radius 1 is 1.40 bits per heavy atom. The molecule has 0 atom stereocenters. The number of aryl methyl sites for hydroxylation is 1. The van der Waals surface area contributed by atoms with E-state index < -0.39 is 0 Å². The van der Waals surface area contributed by atoms with Crippen LogP contribution in [0.5, 0.6) is 5.75 Å². The van der Waals surface area contributed by atoms with E-state index in [9.17, 15) is 5.11 Å². The van der Waals surface area contributed by atoms with Gasteiger partial charge < -0.3 is 0 Å². The van der Waals surface area contributed by atoms with Gasteiger partial charge in [0.25, 0.3) is 0 Å². The molecule has 0 saturated heterocycles. The fourth-order valence-corrected chi connectivity index (χ4v) is 1.25. The molecule has 0 amide bonds. The first-order valence-corrected chi connectivity index (χ1v) is 4.28. The summed E-state index contributed by atoms with van der Waals surface area (Å²) in [5, 5.41) is 10.9. The van der Waals surface area contributed by atoms with E-state index in [2.05, 4.69) is 0 Å². The van der Waals surface area contributed by atoms with Gasteiger partial charge in [0.05, 0.1) is 0 Å². The van der Waals surface area contributed by atoms with Crippen molar-refractivity contribution in [1.29, 1.82) is 0 Å². The van der Waals surface area contributed by atoms with Crippen molar-refractivity contribution in [2.24, 2.45) is 0 Å². The number of hydrogen-bond donors (Lipinski definition) is 0. The molecule has 0 heterocycles. The average molecular weight is 153 g/mol. The Morgan fingerprint density at radius 3 is 2.60 bits per heavy atom. The summed E-state index contributed by atoms with van der Waals surface area (Å²) in [6.07, 6.45) is 2.00. The van der Waals surface area contributed by atoms with E-state index in [1.165, 1.54) is 0 Å². The lowest BCUT2D eigenvalue weighted by molar-refractivity contribution is 0.351. The minimum atomic E-state index is 0.123. The van der Waals surface area contributed by atoms with E-state index >= 15 is 0 Å². The quantitative estimate of drug-likeness (QED) is 0.568. The molecule has 0 saturated carbocycles. The molecule has 0 spiro atoms. The fraction of sp³-hybridized carbons (Fsp3) is 0.250. The summed E-state index contributed by atoms with van der Waals surface area (Å²) in [4.78, 5) is 1.15. The van der Waals surface area contributed by atoms with Crippen molar-refractivity contribution in [2.45, 2.75) is 11.8 Å².